The minimum absolute atomic E-state index is 0.0295. The van der Waals surface area contributed by atoms with Crippen LogP contribution in [0.5, 0.6) is 0 Å². The number of aromatic nitrogens is 3. The molecule has 0 radical (unpaired) electrons. The van der Waals surface area contributed by atoms with E-state index in [4.69, 9.17) is 0 Å². The van der Waals surface area contributed by atoms with Crippen LogP contribution in [0, 0.1) is 6.92 Å². The first kappa shape index (κ1) is 19.1. The first-order valence-corrected chi connectivity index (χ1v) is 9.92. The molecule has 0 aliphatic carbocycles. The summed E-state index contributed by atoms with van der Waals surface area (Å²) in [6, 6.07) is 10.1. The number of aryl methyl sites for hydroxylation is 2. The van der Waals surface area contributed by atoms with E-state index in [1.54, 1.807) is 11.1 Å². The van der Waals surface area contributed by atoms with Crippen molar-refractivity contribution >= 4 is 22.7 Å². The predicted octanol–water partition coefficient (Wildman–Crippen LogP) is 2.39. The fourth-order valence-corrected chi connectivity index (χ4v) is 3.84. The van der Waals surface area contributed by atoms with Crippen LogP contribution in [-0.4, -0.2) is 44.6 Å². The fourth-order valence-electron chi connectivity index (χ4n) is 3.84. The Kier molecular flexibility index (Phi) is 5.29. The van der Waals surface area contributed by atoms with E-state index in [2.05, 4.69) is 40.5 Å². The maximum absolute atomic E-state index is 12.8. The average Bonchev–Trinajstić information content (AvgIpc) is 3.12. The third kappa shape index (κ3) is 3.99. The van der Waals surface area contributed by atoms with Crippen molar-refractivity contribution in [3.63, 3.8) is 0 Å². The molecule has 0 saturated heterocycles. The minimum Gasteiger partial charge on any atom is -0.355 e. The van der Waals surface area contributed by atoms with Gasteiger partial charge in [0.15, 0.2) is 0 Å². The van der Waals surface area contributed by atoms with E-state index < -0.39 is 5.92 Å². The summed E-state index contributed by atoms with van der Waals surface area (Å²) in [5.41, 5.74) is 4.02. The number of hydrogen-bond donors (Lipinski definition) is 1. The van der Waals surface area contributed by atoms with Gasteiger partial charge in [0.25, 0.3) is 0 Å². The van der Waals surface area contributed by atoms with Crippen LogP contribution in [0.2, 0.25) is 0 Å². The third-order valence-corrected chi connectivity index (χ3v) is 5.43. The molecule has 1 unspecified atom stereocenters. The second-order valence-corrected chi connectivity index (χ2v) is 7.57. The lowest BCUT2D eigenvalue weighted by molar-refractivity contribution is -0.131. The smallest absolute Gasteiger partial charge is 0.230 e. The number of carbonyl (C=O) groups is 2. The van der Waals surface area contributed by atoms with E-state index in [9.17, 15) is 9.59 Å². The largest absolute Gasteiger partial charge is 0.355 e. The number of pyridine rings is 1. The second kappa shape index (κ2) is 8.03. The summed E-state index contributed by atoms with van der Waals surface area (Å²) in [5, 5.41) is 8.59. The summed E-state index contributed by atoms with van der Waals surface area (Å²) in [6.45, 7) is 5.75. The van der Waals surface area contributed by atoms with Crippen molar-refractivity contribution in [2.45, 2.75) is 39.3 Å². The first-order chi connectivity index (χ1) is 14.0. The number of rotatable bonds is 5. The molecule has 2 amide bonds. The van der Waals surface area contributed by atoms with Crippen molar-refractivity contribution < 1.29 is 9.59 Å². The highest BCUT2D eigenvalue weighted by Crippen LogP contribution is 2.26. The predicted molar refractivity (Wildman–Crippen MR) is 110 cm³/mol. The van der Waals surface area contributed by atoms with Crippen LogP contribution in [0.1, 0.15) is 36.1 Å². The molecule has 3 heterocycles. The molecule has 7 heteroatoms. The summed E-state index contributed by atoms with van der Waals surface area (Å²) in [7, 11) is 0. The Labute approximate surface area is 169 Å². The molecule has 150 valence electrons. The van der Waals surface area contributed by atoms with Crippen LogP contribution in [0.25, 0.3) is 10.9 Å². The average molecular weight is 391 g/mol. The quantitative estimate of drug-likeness (QED) is 0.677. The van der Waals surface area contributed by atoms with Crippen molar-refractivity contribution in [1.29, 1.82) is 0 Å². The van der Waals surface area contributed by atoms with E-state index in [-0.39, 0.29) is 11.8 Å². The number of nitrogens with one attached hydrogen (secondary N) is 1. The number of amides is 2. The van der Waals surface area contributed by atoms with Gasteiger partial charge in [0.2, 0.25) is 11.8 Å². The van der Waals surface area contributed by atoms with E-state index in [0.29, 0.717) is 19.6 Å². The maximum Gasteiger partial charge on any atom is 0.230 e. The molecule has 1 N–H and O–H groups in total. The Balaban J connectivity index is 1.38. The number of benzene rings is 1. The third-order valence-electron chi connectivity index (χ3n) is 5.43. The molecule has 0 spiro atoms. The van der Waals surface area contributed by atoms with Gasteiger partial charge in [0, 0.05) is 44.7 Å². The van der Waals surface area contributed by atoms with Gasteiger partial charge in [-0.15, -0.1) is 0 Å². The SMILES string of the molecule is CC(=O)N1Cc2cccnc2C(C(=O)NCCCn2ncc3ccc(C)cc32)C1. The molecule has 0 fully saturated rings. The topological polar surface area (TPSA) is 80.1 Å². The summed E-state index contributed by atoms with van der Waals surface area (Å²) in [6.07, 6.45) is 4.34. The van der Waals surface area contributed by atoms with E-state index in [0.717, 1.165) is 35.1 Å². The van der Waals surface area contributed by atoms with E-state index >= 15 is 0 Å². The molecule has 7 nitrogen and oxygen atoms in total. The first-order valence-electron chi connectivity index (χ1n) is 9.92. The van der Waals surface area contributed by atoms with Gasteiger partial charge in [-0.25, -0.2) is 0 Å². The van der Waals surface area contributed by atoms with Crippen LogP contribution in [0.15, 0.2) is 42.7 Å². The lowest BCUT2D eigenvalue weighted by Crippen LogP contribution is -2.43. The van der Waals surface area contributed by atoms with Gasteiger partial charge in [-0.1, -0.05) is 18.2 Å². The van der Waals surface area contributed by atoms with Gasteiger partial charge in [-0.3, -0.25) is 19.3 Å². The Morgan fingerprint density at radius 1 is 1.28 bits per heavy atom. The summed E-state index contributed by atoms with van der Waals surface area (Å²) < 4.78 is 1.98. The molecule has 1 atom stereocenters. The Hall–Kier alpha value is -3.22. The number of fused-ring (bicyclic) bond motifs is 2. The molecule has 0 bridgehead atoms. The molecule has 4 rings (SSSR count). The standard InChI is InChI=1S/C22H25N5O2/c1-15-6-7-17-12-25-27(20(17)11-15)10-4-9-24-22(29)19-14-26(16(2)28)13-18-5-3-8-23-21(18)19/h3,5-8,11-12,19H,4,9-10,13-14H2,1-2H3,(H,24,29). The summed E-state index contributed by atoms with van der Waals surface area (Å²) in [4.78, 5) is 30.8. The van der Waals surface area contributed by atoms with Gasteiger partial charge in [0.05, 0.1) is 23.3 Å². The van der Waals surface area contributed by atoms with Crippen LogP contribution >= 0.6 is 0 Å². The molecule has 0 saturated carbocycles. The molecule has 29 heavy (non-hydrogen) atoms. The highest BCUT2D eigenvalue weighted by atomic mass is 16.2. The Bertz CT molecular complexity index is 1060. The number of carbonyl (C=O) groups excluding carboxylic acids is 2. The van der Waals surface area contributed by atoms with Crippen LogP contribution in [-0.2, 0) is 22.7 Å². The van der Waals surface area contributed by atoms with Crippen LogP contribution in [0.3, 0.4) is 0 Å². The summed E-state index contributed by atoms with van der Waals surface area (Å²) in [5.74, 6) is -0.549. The van der Waals surface area contributed by atoms with Crippen molar-refractivity contribution in [1.82, 2.24) is 25.0 Å². The Morgan fingerprint density at radius 3 is 2.97 bits per heavy atom. The van der Waals surface area contributed by atoms with Crippen molar-refractivity contribution in [3.8, 4) is 0 Å². The van der Waals surface area contributed by atoms with Gasteiger partial charge in [0.1, 0.15) is 0 Å². The van der Waals surface area contributed by atoms with E-state index in [1.807, 2.05) is 23.0 Å². The molecular formula is C22H25N5O2. The van der Waals surface area contributed by atoms with Crippen molar-refractivity contribution in [2.75, 3.05) is 13.1 Å². The lowest BCUT2D eigenvalue weighted by atomic mass is 9.94. The van der Waals surface area contributed by atoms with Crippen LogP contribution in [0.4, 0.5) is 0 Å². The summed E-state index contributed by atoms with van der Waals surface area (Å²) >= 11 is 0. The lowest BCUT2D eigenvalue weighted by Gasteiger charge is -2.32. The van der Waals surface area contributed by atoms with Gasteiger partial charge < -0.3 is 10.2 Å². The normalized spacial score (nSPS) is 15.9. The molecule has 2 aromatic heterocycles. The fraction of sp³-hybridized carbons (Fsp3) is 0.364. The van der Waals surface area contributed by atoms with Gasteiger partial charge in [-0.05, 0) is 36.6 Å². The van der Waals surface area contributed by atoms with Crippen molar-refractivity contribution in [3.05, 3.63) is 59.5 Å². The molecule has 1 aliphatic rings. The van der Waals surface area contributed by atoms with Gasteiger partial charge >= 0.3 is 0 Å². The molecule has 1 aromatic carbocycles. The molecular weight excluding hydrogens is 366 g/mol. The highest BCUT2D eigenvalue weighted by Gasteiger charge is 2.32. The van der Waals surface area contributed by atoms with Crippen molar-refractivity contribution in [2.24, 2.45) is 0 Å². The van der Waals surface area contributed by atoms with E-state index in [1.165, 1.54) is 12.5 Å². The second-order valence-electron chi connectivity index (χ2n) is 7.57. The maximum atomic E-state index is 12.8. The monoisotopic (exact) mass is 391 g/mol. The zero-order chi connectivity index (χ0) is 20.4. The number of nitrogens with zero attached hydrogens (tertiary/aromatic N) is 4. The minimum atomic E-state index is -0.433. The molecule has 3 aromatic rings. The highest BCUT2D eigenvalue weighted by molar-refractivity contribution is 5.85. The van der Waals surface area contributed by atoms with Gasteiger partial charge in [-0.2, -0.15) is 5.10 Å². The Morgan fingerprint density at radius 2 is 2.14 bits per heavy atom. The molecule has 1 aliphatic heterocycles. The zero-order valence-corrected chi connectivity index (χ0v) is 16.8. The zero-order valence-electron chi connectivity index (χ0n) is 16.8. The number of hydrogen-bond acceptors (Lipinski definition) is 4. The van der Waals surface area contributed by atoms with Crippen LogP contribution < -0.4 is 5.32 Å².